The zero-order valence-corrected chi connectivity index (χ0v) is 15.3. The lowest BCUT2D eigenvalue weighted by Crippen LogP contribution is -2.49. The third kappa shape index (κ3) is 3.00. The Labute approximate surface area is 161 Å². The van der Waals surface area contributed by atoms with E-state index in [9.17, 15) is 9.59 Å². The number of carbonyl (C=O) groups excluding carboxylic acids is 1. The van der Waals surface area contributed by atoms with Crippen LogP contribution in [0.2, 0.25) is 0 Å². The average molecular weight is 376 g/mol. The third-order valence-corrected chi connectivity index (χ3v) is 5.70. The molecule has 0 radical (unpaired) electrons. The van der Waals surface area contributed by atoms with E-state index in [0.717, 1.165) is 17.7 Å². The van der Waals surface area contributed by atoms with E-state index in [1.807, 2.05) is 45.9 Å². The second-order valence-electron chi connectivity index (χ2n) is 7.61. The fraction of sp³-hybridized carbons (Fsp3) is 0.350. The molecule has 4 heterocycles. The largest absolute Gasteiger partial charge is 0.338 e. The SMILES string of the molecule is O=C(c1ccc(Cn2cnnn2)cc1)N1C[C@@H]2C[C@H](C1)c1cccc(=O)n1C2. The Bertz CT molecular complexity index is 1060. The van der Waals surface area contributed by atoms with Crippen LogP contribution in [0.4, 0.5) is 0 Å². The lowest BCUT2D eigenvalue weighted by molar-refractivity contribution is 0.0594. The zero-order valence-electron chi connectivity index (χ0n) is 15.3. The van der Waals surface area contributed by atoms with E-state index < -0.39 is 0 Å². The summed E-state index contributed by atoms with van der Waals surface area (Å²) < 4.78 is 3.52. The minimum Gasteiger partial charge on any atom is -0.338 e. The molecule has 2 atom stereocenters. The quantitative estimate of drug-likeness (QED) is 0.684. The number of hydrogen-bond acceptors (Lipinski definition) is 5. The molecule has 0 aliphatic carbocycles. The summed E-state index contributed by atoms with van der Waals surface area (Å²) in [6.07, 6.45) is 2.60. The molecule has 1 amide bonds. The maximum absolute atomic E-state index is 13.1. The molecule has 2 aliphatic heterocycles. The van der Waals surface area contributed by atoms with Crippen molar-refractivity contribution in [2.45, 2.75) is 25.4 Å². The van der Waals surface area contributed by atoms with Crippen molar-refractivity contribution in [3.05, 3.63) is 76.0 Å². The Morgan fingerprint density at radius 1 is 1.07 bits per heavy atom. The highest BCUT2D eigenvalue weighted by atomic mass is 16.2. The minimum absolute atomic E-state index is 0.0513. The molecule has 0 unspecified atom stereocenters. The number of benzene rings is 1. The fourth-order valence-corrected chi connectivity index (χ4v) is 4.44. The topological polar surface area (TPSA) is 85.9 Å². The molecule has 5 rings (SSSR count). The van der Waals surface area contributed by atoms with Crippen molar-refractivity contribution in [1.29, 1.82) is 0 Å². The van der Waals surface area contributed by atoms with Crippen LogP contribution in [-0.2, 0) is 13.1 Å². The molecule has 0 saturated carbocycles. The Morgan fingerprint density at radius 3 is 2.71 bits per heavy atom. The molecule has 28 heavy (non-hydrogen) atoms. The summed E-state index contributed by atoms with van der Waals surface area (Å²) in [5.74, 6) is 0.606. The first-order valence-corrected chi connectivity index (χ1v) is 9.46. The van der Waals surface area contributed by atoms with E-state index >= 15 is 0 Å². The molecule has 1 saturated heterocycles. The van der Waals surface area contributed by atoms with E-state index in [1.165, 1.54) is 0 Å². The number of fused-ring (bicyclic) bond motifs is 4. The highest BCUT2D eigenvalue weighted by molar-refractivity contribution is 5.94. The molecule has 8 heteroatoms. The van der Waals surface area contributed by atoms with Gasteiger partial charge in [0.15, 0.2) is 0 Å². The van der Waals surface area contributed by atoms with Crippen molar-refractivity contribution in [3.63, 3.8) is 0 Å². The number of pyridine rings is 1. The number of tetrazole rings is 1. The molecule has 0 N–H and O–H groups in total. The molecular formula is C20H20N6O2. The van der Waals surface area contributed by atoms with Crippen LogP contribution in [0.25, 0.3) is 0 Å². The van der Waals surface area contributed by atoms with Crippen molar-refractivity contribution < 1.29 is 4.79 Å². The van der Waals surface area contributed by atoms with Gasteiger partial charge in [-0.15, -0.1) is 5.10 Å². The highest BCUT2D eigenvalue weighted by Crippen LogP contribution is 2.35. The summed E-state index contributed by atoms with van der Waals surface area (Å²) >= 11 is 0. The Hall–Kier alpha value is -3.29. The highest BCUT2D eigenvalue weighted by Gasteiger charge is 2.36. The van der Waals surface area contributed by atoms with Crippen molar-refractivity contribution in [2.24, 2.45) is 5.92 Å². The lowest BCUT2D eigenvalue weighted by Gasteiger charge is -2.42. The normalized spacial score (nSPS) is 20.6. The van der Waals surface area contributed by atoms with E-state index in [0.29, 0.717) is 37.7 Å². The van der Waals surface area contributed by atoms with E-state index in [4.69, 9.17) is 0 Å². The first-order valence-electron chi connectivity index (χ1n) is 9.46. The van der Waals surface area contributed by atoms with Crippen molar-refractivity contribution in [1.82, 2.24) is 29.7 Å². The van der Waals surface area contributed by atoms with Crippen molar-refractivity contribution in [2.75, 3.05) is 13.1 Å². The van der Waals surface area contributed by atoms with E-state index in [2.05, 4.69) is 15.5 Å². The average Bonchev–Trinajstić information content (AvgIpc) is 3.22. The predicted molar refractivity (Wildman–Crippen MR) is 101 cm³/mol. The first-order chi connectivity index (χ1) is 13.7. The van der Waals surface area contributed by atoms with Gasteiger partial charge in [-0.2, -0.15) is 0 Å². The van der Waals surface area contributed by atoms with Crippen molar-refractivity contribution in [3.8, 4) is 0 Å². The van der Waals surface area contributed by atoms with Gasteiger partial charge in [-0.25, -0.2) is 4.68 Å². The number of likely N-dealkylation sites (tertiary alicyclic amines) is 1. The maximum Gasteiger partial charge on any atom is 0.253 e. The Morgan fingerprint density at radius 2 is 1.93 bits per heavy atom. The number of aromatic nitrogens is 5. The molecule has 2 aliphatic rings. The van der Waals surface area contributed by atoms with E-state index in [1.54, 1.807) is 17.1 Å². The number of carbonyl (C=O) groups is 1. The maximum atomic E-state index is 13.1. The van der Waals surface area contributed by atoms with Gasteiger partial charge in [0.1, 0.15) is 6.33 Å². The summed E-state index contributed by atoms with van der Waals surface area (Å²) in [7, 11) is 0. The molecule has 142 valence electrons. The predicted octanol–water partition coefficient (Wildman–Crippen LogP) is 1.14. The van der Waals surface area contributed by atoms with Gasteiger partial charge in [-0.3, -0.25) is 9.59 Å². The van der Waals surface area contributed by atoms with Crippen LogP contribution in [0.15, 0.2) is 53.6 Å². The van der Waals surface area contributed by atoms with Gasteiger partial charge in [-0.1, -0.05) is 18.2 Å². The number of amides is 1. The smallest absolute Gasteiger partial charge is 0.253 e. The number of hydrogen-bond donors (Lipinski definition) is 0. The summed E-state index contributed by atoms with van der Waals surface area (Å²) in [5.41, 5.74) is 2.83. The molecule has 8 nitrogen and oxygen atoms in total. The molecule has 0 spiro atoms. The minimum atomic E-state index is 0.0513. The van der Waals surface area contributed by atoms with Crippen LogP contribution in [0, 0.1) is 5.92 Å². The van der Waals surface area contributed by atoms with Crippen LogP contribution in [0.5, 0.6) is 0 Å². The molecule has 1 fully saturated rings. The summed E-state index contributed by atoms with van der Waals surface area (Å²) in [6.45, 7) is 2.62. The van der Waals surface area contributed by atoms with Crippen LogP contribution in [-0.4, -0.2) is 48.7 Å². The molecule has 3 aromatic rings. The van der Waals surface area contributed by atoms with Gasteiger partial charge in [0.25, 0.3) is 11.5 Å². The van der Waals surface area contributed by atoms with Gasteiger partial charge in [-0.05, 0) is 46.5 Å². The number of nitrogens with zero attached hydrogens (tertiary/aromatic N) is 6. The van der Waals surface area contributed by atoms with Gasteiger partial charge in [0, 0.05) is 42.9 Å². The van der Waals surface area contributed by atoms with Gasteiger partial charge < -0.3 is 9.47 Å². The van der Waals surface area contributed by atoms with Crippen LogP contribution >= 0.6 is 0 Å². The third-order valence-electron chi connectivity index (χ3n) is 5.70. The van der Waals surface area contributed by atoms with Gasteiger partial charge in [0.05, 0.1) is 6.54 Å². The van der Waals surface area contributed by atoms with Crippen LogP contribution in [0.3, 0.4) is 0 Å². The zero-order chi connectivity index (χ0) is 19.1. The monoisotopic (exact) mass is 376 g/mol. The van der Waals surface area contributed by atoms with Gasteiger partial charge in [0.2, 0.25) is 0 Å². The standard InChI is InChI=1S/C20H20N6O2/c27-19-3-1-2-18-17-8-15(11-26(18)19)9-24(12-17)20(28)16-6-4-14(5-7-16)10-25-13-21-22-23-25/h1-7,13,15,17H,8-12H2/t15-,17+/m0/s1. The number of rotatable bonds is 3. The summed E-state index contributed by atoms with van der Waals surface area (Å²) in [4.78, 5) is 27.1. The first kappa shape index (κ1) is 16.9. The lowest BCUT2D eigenvalue weighted by atomic mass is 9.83. The molecule has 2 aromatic heterocycles. The Kier molecular flexibility index (Phi) is 4.03. The summed E-state index contributed by atoms with van der Waals surface area (Å²) in [5, 5.41) is 11.1. The second-order valence-corrected chi connectivity index (χ2v) is 7.61. The van der Waals surface area contributed by atoms with E-state index in [-0.39, 0.29) is 17.4 Å². The fourth-order valence-electron chi connectivity index (χ4n) is 4.44. The van der Waals surface area contributed by atoms with Gasteiger partial charge >= 0.3 is 0 Å². The second kappa shape index (κ2) is 6.70. The van der Waals surface area contributed by atoms with Crippen molar-refractivity contribution >= 4 is 5.91 Å². The molecule has 1 aromatic carbocycles. The number of piperidine rings is 1. The molecule has 2 bridgehead atoms. The molecular weight excluding hydrogens is 356 g/mol. The van der Waals surface area contributed by atoms with Crippen LogP contribution < -0.4 is 5.56 Å². The van der Waals surface area contributed by atoms with Crippen LogP contribution in [0.1, 0.15) is 34.0 Å². The Balaban J connectivity index is 1.33. The summed E-state index contributed by atoms with van der Waals surface area (Å²) in [6, 6.07) is 13.1.